The van der Waals surface area contributed by atoms with E-state index in [2.05, 4.69) is 21.6 Å². The van der Waals surface area contributed by atoms with E-state index in [-0.39, 0.29) is 36.1 Å². The Labute approximate surface area is 532 Å². The van der Waals surface area contributed by atoms with Gasteiger partial charge < -0.3 is 94.8 Å². The number of carboxylic acids is 11. The van der Waals surface area contributed by atoms with Crippen molar-refractivity contribution in [2.24, 2.45) is 0 Å². The SMILES string of the molecule is CC(=O)O.CC(=O)O.CC(=O)O.CC(=O)O.CC(=O)O.CC(=O)OCCNS(=O)(=O)c1cc2cccc3ccc4cccc1c4c32.CC(=O)[O-].CC(=O)[O-].CC(=O)[O-].CC(=O)[O-].CC(=O)[O-].CC(=O)[O-].O=S(=O)(NCCO)c1cc2cccc3ccc4cccc1c4c32. The molecule has 0 aliphatic heterocycles. The number of rotatable bonds is 9. The van der Waals surface area contributed by atoms with Gasteiger partial charge in [0, 0.05) is 101 Å². The van der Waals surface area contributed by atoms with Crippen molar-refractivity contribution in [1.82, 2.24) is 9.44 Å². The quantitative estimate of drug-likeness (QED) is 0.0502. The van der Waals surface area contributed by atoms with Crippen LogP contribution >= 0.6 is 0 Å². The van der Waals surface area contributed by atoms with Crippen LogP contribution in [0.25, 0.3) is 64.6 Å². The molecule has 93 heavy (non-hydrogen) atoms. The van der Waals surface area contributed by atoms with Crippen LogP contribution in [0.4, 0.5) is 0 Å². The first-order chi connectivity index (χ1) is 42.6. The van der Waals surface area contributed by atoms with Crippen molar-refractivity contribution >= 4 is 156 Å². The molecule has 0 unspecified atom stereocenters. The zero-order chi connectivity index (χ0) is 73.7. The second-order valence-electron chi connectivity index (χ2n) is 17.3. The molecule has 33 heteroatoms. The number of sulfonamides is 2. The summed E-state index contributed by atoms with van der Waals surface area (Å²) < 4.78 is 60.8. The maximum Gasteiger partial charge on any atom is 0.302 e. The highest BCUT2D eigenvalue weighted by molar-refractivity contribution is 7.90. The maximum atomic E-state index is 12.9. The van der Waals surface area contributed by atoms with Crippen LogP contribution < -0.4 is 40.1 Å². The number of benzene rings is 8. The van der Waals surface area contributed by atoms with Crippen molar-refractivity contribution in [3.05, 3.63) is 109 Å². The van der Waals surface area contributed by atoms with Gasteiger partial charge in [0.05, 0.1) is 16.4 Å². The molecule has 0 atom stereocenters. The molecule has 0 fully saturated rings. The van der Waals surface area contributed by atoms with E-state index in [9.17, 15) is 21.6 Å². The number of hydrogen-bond acceptors (Lipinski definition) is 24. The molecule has 0 heterocycles. The molecule has 512 valence electrons. The van der Waals surface area contributed by atoms with Gasteiger partial charge in [0.1, 0.15) is 6.61 Å². The van der Waals surface area contributed by atoms with Gasteiger partial charge in [0.2, 0.25) is 20.0 Å². The number of ether oxygens (including phenoxy) is 1. The van der Waals surface area contributed by atoms with Gasteiger partial charge in [-0.15, -0.1) is 0 Å². The number of aliphatic hydroxyl groups excluding tert-OH is 1. The average molecular weight is 1350 g/mol. The number of carboxylic acid groups (broad SMARTS) is 11. The van der Waals surface area contributed by atoms with Crippen molar-refractivity contribution in [1.29, 1.82) is 0 Å². The summed E-state index contributed by atoms with van der Waals surface area (Å²) in [6.45, 7) is 12.3. The number of aliphatic carboxylic acids is 11. The molecular weight excluding hydrogens is 1280 g/mol. The Kier molecular flexibility index (Phi) is 47.1. The van der Waals surface area contributed by atoms with Gasteiger partial charge >= 0.3 is 5.97 Å². The highest BCUT2D eigenvalue weighted by atomic mass is 32.2. The molecule has 8 aromatic rings. The number of carbonyl (C=O) groups is 12. The van der Waals surface area contributed by atoms with Crippen molar-refractivity contribution in [3.8, 4) is 0 Å². The molecule has 0 saturated carbocycles. The van der Waals surface area contributed by atoms with E-state index >= 15 is 0 Å². The zero-order valence-electron chi connectivity index (χ0n) is 52.1. The third-order valence-electron chi connectivity index (χ3n) is 8.62. The van der Waals surface area contributed by atoms with Gasteiger partial charge in [0.15, 0.2) is 0 Å². The Balaban J connectivity index is -0.000000345. The monoisotopic (exact) mass is 1350 g/mol. The summed E-state index contributed by atoms with van der Waals surface area (Å²) >= 11 is 0. The second-order valence-corrected chi connectivity index (χ2v) is 20.7. The van der Waals surface area contributed by atoms with Crippen molar-refractivity contribution in [2.45, 2.75) is 92.9 Å². The smallest absolute Gasteiger partial charge is 0.302 e. The predicted octanol–water partition coefficient (Wildman–Crippen LogP) is -0.728. The average Bonchev–Trinajstić information content (AvgIpc) is 0.743. The number of esters is 1. The molecule has 0 aliphatic carbocycles. The van der Waals surface area contributed by atoms with Crippen LogP contribution in [-0.2, 0) is 82.3 Å². The summed E-state index contributed by atoms with van der Waals surface area (Å²) in [4.78, 5) is 110. The van der Waals surface area contributed by atoms with Crippen molar-refractivity contribution in [2.75, 3.05) is 26.3 Å². The van der Waals surface area contributed by atoms with Crippen LogP contribution in [0.1, 0.15) is 83.1 Å². The highest BCUT2D eigenvalue weighted by Crippen LogP contribution is 2.39. The second kappa shape index (κ2) is 48.2. The Morgan fingerprint density at radius 1 is 0.355 bits per heavy atom. The maximum absolute atomic E-state index is 12.9. The topological polar surface area (TPSA) is 566 Å². The van der Waals surface area contributed by atoms with Crippen LogP contribution in [0, 0.1) is 0 Å². The lowest BCUT2D eigenvalue weighted by molar-refractivity contribution is -0.303. The minimum Gasteiger partial charge on any atom is -0.550 e. The molecular formula is C60H70N2O29S2-6. The van der Waals surface area contributed by atoms with Gasteiger partial charge in [-0.05, 0) is 108 Å². The summed E-state index contributed by atoms with van der Waals surface area (Å²) in [5.41, 5.74) is 0. The van der Waals surface area contributed by atoms with Crippen LogP contribution in [-0.4, -0.2) is 145 Å². The van der Waals surface area contributed by atoms with E-state index in [4.69, 9.17) is 119 Å². The number of aliphatic hydroxyl groups is 1. The fraction of sp³-hybridized carbons (Fsp3) is 0.267. The normalized spacial score (nSPS) is 9.47. The Hall–Kier alpha value is -10.7. The van der Waals surface area contributed by atoms with Gasteiger partial charge in [-0.3, -0.25) is 28.8 Å². The fourth-order valence-corrected chi connectivity index (χ4v) is 9.11. The van der Waals surface area contributed by atoms with E-state index in [1.807, 2.05) is 84.9 Å². The Morgan fingerprint density at radius 3 is 0.785 bits per heavy atom. The molecule has 0 spiro atoms. The first kappa shape index (κ1) is 91.0. The molecule has 8 rings (SSSR count). The highest BCUT2D eigenvalue weighted by Gasteiger charge is 2.22. The largest absolute Gasteiger partial charge is 0.550 e. The van der Waals surface area contributed by atoms with Gasteiger partial charge in [-0.2, -0.15) is 0 Å². The van der Waals surface area contributed by atoms with Gasteiger partial charge in [-0.1, -0.05) is 97.1 Å². The molecule has 0 aromatic heterocycles. The molecule has 0 aliphatic rings. The molecule has 0 saturated heterocycles. The van der Waals surface area contributed by atoms with E-state index < -0.39 is 91.7 Å². The van der Waals surface area contributed by atoms with Crippen LogP contribution in [0.15, 0.2) is 119 Å². The summed E-state index contributed by atoms with van der Waals surface area (Å²) in [7, 11) is -7.43. The van der Waals surface area contributed by atoms with E-state index in [0.29, 0.717) is 10.8 Å². The Morgan fingerprint density at radius 2 is 0.559 bits per heavy atom. The molecule has 8 N–H and O–H groups in total. The molecule has 31 nitrogen and oxygen atoms in total. The van der Waals surface area contributed by atoms with Crippen molar-refractivity contribution in [3.63, 3.8) is 0 Å². The van der Waals surface area contributed by atoms with Gasteiger partial charge in [0.25, 0.3) is 29.8 Å². The molecule has 0 bridgehead atoms. The molecule has 0 amide bonds. The summed E-state index contributed by atoms with van der Waals surface area (Å²) in [6, 6.07) is 34.7. The number of nitrogens with one attached hydrogen (secondary N) is 2. The third-order valence-corrected chi connectivity index (χ3v) is 11.6. The van der Waals surface area contributed by atoms with E-state index in [0.717, 1.165) is 130 Å². The predicted molar refractivity (Wildman–Crippen MR) is 325 cm³/mol. The van der Waals surface area contributed by atoms with Crippen LogP contribution in [0.2, 0.25) is 0 Å². The minimum absolute atomic E-state index is 0.00149. The van der Waals surface area contributed by atoms with Crippen LogP contribution in [0.5, 0.6) is 0 Å². The number of hydrogen-bond donors (Lipinski definition) is 8. The Bertz CT molecular complexity index is 3690. The minimum atomic E-state index is -3.75. The first-order valence-corrected chi connectivity index (χ1v) is 28.7. The van der Waals surface area contributed by atoms with E-state index in [1.54, 1.807) is 12.1 Å². The molecule has 8 aromatic carbocycles. The lowest BCUT2D eigenvalue weighted by Gasteiger charge is -2.15. The summed E-state index contributed by atoms with van der Waals surface area (Å²) in [5, 5.41) is 111. The lowest BCUT2D eigenvalue weighted by atomic mass is 9.94. The van der Waals surface area contributed by atoms with Crippen molar-refractivity contribution < 1.29 is 140 Å². The van der Waals surface area contributed by atoms with Gasteiger partial charge in [-0.25, -0.2) is 26.3 Å². The first-order valence-electron chi connectivity index (χ1n) is 25.7. The zero-order valence-corrected chi connectivity index (χ0v) is 53.7. The standard InChI is InChI=1S/C20H17NO4S.C18H15NO3S.11C2H4O2/c1-13(22)25-11-10-21-26(23,24)18-12-16-6-2-4-14-8-9-15-5-3-7-17(18)20(15)19(14)16;20-10-9-19-23(21,22)16-11-14-5-1-3-12-7-8-13-4-2-6-15(16)18(13)17(12)14;11*1-2(3)4/h2-9,12,21H,10-11H2,1H3;1-8,11,19-20H,9-10H2;11*1H3,(H,3,4)/p-6. The summed E-state index contributed by atoms with van der Waals surface area (Å²) in [6.07, 6.45) is 0. The van der Waals surface area contributed by atoms with E-state index in [1.165, 1.54) is 6.92 Å². The molecule has 0 radical (unpaired) electrons. The number of carbonyl (C=O) groups excluding carboxylic acids is 7. The fourth-order valence-electron chi connectivity index (χ4n) is 6.61. The lowest BCUT2D eigenvalue weighted by Crippen LogP contribution is -2.28. The third kappa shape index (κ3) is 47.0. The van der Waals surface area contributed by atoms with Crippen LogP contribution in [0.3, 0.4) is 0 Å². The summed E-state index contributed by atoms with van der Waals surface area (Å²) in [5.74, 6) is -11.1.